The molecule has 1 spiro atoms. The second-order valence-corrected chi connectivity index (χ2v) is 22.6. The van der Waals surface area contributed by atoms with Crippen molar-refractivity contribution < 1.29 is 50.0 Å². The lowest BCUT2D eigenvalue weighted by atomic mass is 9.42. The van der Waals surface area contributed by atoms with E-state index in [9.17, 15) is 35.7 Å². The first kappa shape index (κ1) is 47.4. The highest BCUT2D eigenvalue weighted by Gasteiger charge is 2.65. The molecule has 0 amide bonds. The van der Waals surface area contributed by atoms with Crippen LogP contribution in [0.1, 0.15) is 127 Å². The maximum atomic E-state index is 15.2. The van der Waals surface area contributed by atoms with Crippen molar-refractivity contribution in [3.63, 3.8) is 0 Å². The summed E-state index contributed by atoms with van der Waals surface area (Å²) in [5.41, 5.74) is 14.1. The van der Waals surface area contributed by atoms with Gasteiger partial charge in [0, 0.05) is 46.8 Å². The van der Waals surface area contributed by atoms with E-state index >= 15 is 4.79 Å². The number of H-pyrrole nitrogens is 1. The Morgan fingerprint density at radius 2 is 1.59 bits per heavy atom. The van der Waals surface area contributed by atoms with Crippen LogP contribution in [0.4, 0.5) is 0 Å². The standard InChI is InChI=1S/C61H66N2O10/c62-32-73-52-23-33(11-15-49(52)67)10-14-48(66)43-25-36(24-35-12-13-39(65)28-50(35)68)42-26-37-27-47(54(55(42)57(43)70)44-29-51(69)58(71)59(53(37)44)72-30-34-6-5-7-38(64)22-34)61-31-60(18-3-4-19-60)20-16-46(61)41-17-21-63-56(41)40-8-1-2-9-45(40)61/h1-2,5-9,11-13,15,17,21-23,28-29,36-37,42-43,46-47,54-55,57,63-65,67-71H,3-4,10,14,16,18-20,24-27,30-32,62H2/t36-,37+,42-,43+,46-,47+,54+,55-,57+,61+/m1/s1. The number of nitrogens with one attached hydrogen (secondary N) is 1. The molecule has 10 atom stereocenters. The molecule has 10 N–H and O–H groups in total. The van der Waals surface area contributed by atoms with Crippen LogP contribution in [0.15, 0.2) is 103 Å². The number of ether oxygens (including phenoxy) is 2. The van der Waals surface area contributed by atoms with Crippen molar-refractivity contribution in [1.29, 1.82) is 0 Å². The number of hydrogen-bond acceptors (Lipinski definition) is 11. The van der Waals surface area contributed by atoms with Gasteiger partial charge in [0.2, 0.25) is 5.75 Å². The number of aliphatic hydroxyl groups excluding tert-OH is 1. The quantitative estimate of drug-likeness (QED) is 0.0415. The second kappa shape index (κ2) is 18.4. The van der Waals surface area contributed by atoms with Crippen LogP contribution in [0.25, 0.3) is 11.3 Å². The van der Waals surface area contributed by atoms with E-state index in [0.29, 0.717) is 43.2 Å². The first-order valence-corrected chi connectivity index (χ1v) is 26.5. The number of nitrogens with two attached hydrogens (primary N) is 1. The highest BCUT2D eigenvalue weighted by Crippen LogP contribution is 2.74. The van der Waals surface area contributed by atoms with Gasteiger partial charge in [-0.3, -0.25) is 10.5 Å². The summed E-state index contributed by atoms with van der Waals surface area (Å²) in [4.78, 5) is 18.8. The van der Waals surface area contributed by atoms with Crippen molar-refractivity contribution in [3.05, 3.63) is 142 Å². The number of aromatic hydroxyl groups is 6. The number of aryl methyl sites for hydroxylation is 1. The van der Waals surface area contributed by atoms with E-state index in [1.54, 1.807) is 48.5 Å². The zero-order chi connectivity index (χ0) is 50.3. The lowest BCUT2D eigenvalue weighted by molar-refractivity contribution is -0.136. The minimum atomic E-state index is -1.09. The molecule has 380 valence electrons. The van der Waals surface area contributed by atoms with Gasteiger partial charge >= 0.3 is 0 Å². The molecular weight excluding hydrogens is 921 g/mol. The Bertz CT molecular complexity index is 3090. The normalized spacial score (nSPS) is 28.3. The zero-order valence-electron chi connectivity index (χ0n) is 41.1. The van der Waals surface area contributed by atoms with E-state index < -0.39 is 29.3 Å². The summed E-state index contributed by atoms with van der Waals surface area (Å²) in [7, 11) is 0. The fraction of sp³-hybridized carbons (Fsp3) is 0.426. The number of carbonyl (C=O) groups is 1. The highest BCUT2D eigenvalue weighted by atomic mass is 16.5. The van der Waals surface area contributed by atoms with Crippen LogP contribution in [0.5, 0.6) is 46.0 Å². The Morgan fingerprint density at radius 3 is 2.40 bits per heavy atom. The van der Waals surface area contributed by atoms with Crippen molar-refractivity contribution >= 4 is 5.78 Å². The van der Waals surface area contributed by atoms with Gasteiger partial charge in [-0.15, -0.1) is 0 Å². The fourth-order valence-electron chi connectivity index (χ4n) is 16.3. The van der Waals surface area contributed by atoms with Crippen LogP contribution in [0.2, 0.25) is 0 Å². The van der Waals surface area contributed by atoms with Crippen molar-refractivity contribution in [2.45, 2.75) is 119 Å². The number of ketones is 1. The molecule has 73 heavy (non-hydrogen) atoms. The molecule has 2 bridgehead atoms. The SMILES string of the molecule is NCOc1cc(CCC(=O)[C@@H]2C[C@@H](Cc3ccc(O)cc3O)[C@H]3C[C@H]4C[C@H]([C@]56CC7(CCCC7)CC[C@@H]5c5cc[nH]c5-c5ccccc56)[C@H](c5cc(O)c(O)c(OCc6cccc(O)c6)c54)[C@@H]3[C@H]2O)ccc1O. The maximum Gasteiger partial charge on any atom is 0.200 e. The summed E-state index contributed by atoms with van der Waals surface area (Å²) in [6, 6.07) is 29.4. The third-order valence-corrected chi connectivity index (χ3v) is 19.1. The molecule has 0 saturated heterocycles. The predicted octanol–water partition coefficient (Wildman–Crippen LogP) is 10.8. The van der Waals surface area contributed by atoms with Gasteiger partial charge < -0.3 is 50.2 Å². The lowest BCUT2D eigenvalue weighted by Crippen LogP contribution is -2.56. The van der Waals surface area contributed by atoms with Crippen LogP contribution in [0.3, 0.4) is 0 Å². The zero-order valence-corrected chi connectivity index (χ0v) is 41.1. The van der Waals surface area contributed by atoms with Gasteiger partial charge in [-0.2, -0.15) is 0 Å². The average Bonchev–Trinajstić information content (AvgIpc) is 4.01. The van der Waals surface area contributed by atoms with Gasteiger partial charge in [-0.05, 0) is 187 Å². The Kier molecular flexibility index (Phi) is 11.9. The van der Waals surface area contributed by atoms with Crippen molar-refractivity contribution in [3.8, 4) is 57.3 Å². The van der Waals surface area contributed by atoms with E-state index in [4.69, 9.17) is 15.2 Å². The van der Waals surface area contributed by atoms with Gasteiger partial charge in [0.15, 0.2) is 23.0 Å². The number of benzene rings is 5. The number of aromatic nitrogens is 1. The molecule has 13 rings (SSSR count). The van der Waals surface area contributed by atoms with Gasteiger partial charge in [0.25, 0.3) is 0 Å². The minimum Gasteiger partial charge on any atom is -0.508 e. The third kappa shape index (κ3) is 7.89. The predicted molar refractivity (Wildman–Crippen MR) is 275 cm³/mol. The monoisotopic (exact) mass is 986 g/mol. The Morgan fingerprint density at radius 1 is 0.767 bits per heavy atom. The van der Waals surface area contributed by atoms with E-state index in [1.165, 1.54) is 41.7 Å². The number of fused-ring (bicyclic) bond motifs is 8. The largest absolute Gasteiger partial charge is 0.508 e. The number of aromatic amines is 1. The molecule has 4 saturated carbocycles. The summed E-state index contributed by atoms with van der Waals surface area (Å²) in [5.74, 6) is -2.60. The topological polar surface area (TPSA) is 219 Å². The number of aliphatic hydroxyl groups is 1. The van der Waals surface area contributed by atoms with Gasteiger partial charge in [0.05, 0.1) is 6.10 Å². The summed E-state index contributed by atoms with van der Waals surface area (Å²) >= 11 is 0. The molecule has 7 aliphatic rings. The number of hydrogen-bond donors (Lipinski definition) is 9. The van der Waals surface area contributed by atoms with Crippen LogP contribution in [0, 0.1) is 35.0 Å². The summed E-state index contributed by atoms with van der Waals surface area (Å²) < 4.78 is 12.2. The number of Topliss-reactive ketones (excluding diaryl/α,β-unsaturated/α-hetero) is 1. The second-order valence-electron chi connectivity index (χ2n) is 22.6. The van der Waals surface area contributed by atoms with Crippen LogP contribution < -0.4 is 15.2 Å². The fourth-order valence-corrected chi connectivity index (χ4v) is 16.3. The van der Waals surface area contributed by atoms with Crippen LogP contribution in [-0.4, -0.2) is 59.3 Å². The summed E-state index contributed by atoms with van der Waals surface area (Å²) in [6.07, 6.45) is 11.3. The van der Waals surface area contributed by atoms with Gasteiger partial charge in [-0.25, -0.2) is 0 Å². The van der Waals surface area contributed by atoms with Crippen LogP contribution in [-0.2, 0) is 29.7 Å². The third-order valence-electron chi connectivity index (χ3n) is 19.1. The van der Waals surface area contributed by atoms with E-state index in [-0.39, 0.29) is 107 Å². The average molecular weight is 987 g/mol. The molecule has 7 aliphatic carbocycles. The molecular formula is C61H66N2O10. The maximum absolute atomic E-state index is 15.2. The summed E-state index contributed by atoms with van der Waals surface area (Å²) in [5, 5.41) is 80.3. The first-order valence-electron chi connectivity index (χ1n) is 26.5. The molecule has 1 aromatic heterocycles. The Labute approximate surface area is 425 Å². The minimum absolute atomic E-state index is 0.0204. The first-order chi connectivity index (χ1) is 35.4. The van der Waals surface area contributed by atoms with Crippen LogP contribution >= 0.6 is 0 Å². The molecule has 1 heterocycles. The van der Waals surface area contributed by atoms with Crippen molar-refractivity contribution in [1.82, 2.24) is 4.98 Å². The lowest BCUT2D eigenvalue weighted by Gasteiger charge is -2.61. The molecule has 0 radical (unpaired) electrons. The molecule has 5 aromatic carbocycles. The molecule has 0 aliphatic heterocycles. The molecule has 0 unspecified atom stereocenters. The highest BCUT2D eigenvalue weighted by molar-refractivity contribution is 5.82. The molecule has 4 fully saturated rings. The van der Waals surface area contributed by atoms with Gasteiger partial charge in [-0.1, -0.05) is 61.4 Å². The number of rotatable bonds is 12. The van der Waals surface area contributed by atoms with Crippen molar-refractivity contribution in [2.24, 2.45) is 40.7 Å². The number of phenols is 6. The van der Waals surface area contributed by atoms with Crippen molar-refractivity contribution in [2.75, 3.05) is 6.73 Å². The smallest absolute Gasteiger partial charge is 0.200 e. The molecule has 12 heteroatoms. The Hall–Kier alpha value is -6.63. The Balaban J connectivity index is 1.05. The number of phenolic OH excluding ortho intramolecular Hbond substituents is 6. The number of carbonyl (C=O) groups excluding carboxylic acids is 1. The van der Waals surface area contributed by atoms with Gasteiger partial charge in [0.1, 0.15) is 36.4 Å². The summed E-state index contributed by atoms with van der Waals surface area (Å²) in [6.45, 7) is -0.104. The van der Waals surface area contributed by atoms with E-state index in [1.807, 2.05) is 6.07 Å². The molecule has 12 nitrogen and oxygen atoms in total. The molecule has 6 aromatic rings. The van der Waals surface area contributed by atoms with E-state index in [0.717, 1.165) is 54.5 Å². The van der Waals surface area contributed by atoms with E-state index in [2.05, 4.69) is 41.5 Å².